The molecule has 10 heteroatoms. The number of hydrogen-bond acceptors (Lipinski definition) is 4. The van der Waals surface area contributed by atoms with Crippen LogP contribution >= 0.6 is 0 Å². The van der Waals surface area contributed by atoms with Gasteiger partial charge in [0.2, 0.25) is 5.91 Å². The maximum absolute atomic E-state index is 13.4. The zero-order valence-corrected chi connectivity index (χ0v) is 20.6. The lowest BCUT2D eigenvalue weighted by Gasteiger charge is -2.38. The molecule has 0 saturated carbocycles. The molecule has 0 bridgehead atoms. The molecule has 1 atom stereocenters. The Balaban J connectivity index is 1.50. The summed E-state index contributed by atoms with van der Waals surface area (Å²) in [6, 6.07) is 12.2. The van der Waals surface area contributed by atoms with Crippen molar-refractivity contribution in [1.82, 2.24) is 25.3 Å². The van der Waals surface area contributed by atoms with Gasteiger partial charge in [-0.15, -0.1) is 0 Å². The van der Waals surface area contributed by atoms with Gasteiger partial charge in [0.05, 0.1) is 12.1 Å². The van der Waals surface area contributed by atoms with Crippen LogP contribution in [0, 0.1) is 17.2 Å². The van der Waals surface area contributed by atoms with Gasteiger partial charge in [0.1, 0.15) is 11.9 Å². The molecule has 0 aliphatic carbocycles. The lowest BCUT2D eigenvalue weighted by Crippen LogP contribution is -2.58. The van der Waals surface area contributed by atoms with Gasteiger partial charge in [-0.25, -0.2) is 9.18 Å². The summed E-state index contributed by atoms with van der Waals surface area (Å²) in [7, 11) is 0. The van der Waals surface area contributed by atoms with Crippen molar-refractivity contribution in [3.63, 3.8) is 0 Å². The largest absolute Gasteiger partial charge is 0.354 e. The maximum Gasteiger partial charge on any atom is 0.314 e. The molecule has 190 valence electrons. The van der Waals surface area contributed by atoms with Crippen LogP contribution in [0.2, 0.25) is 0 Å². The van der Waals surface area contributed by atoms with Crippen LogP contribution < -0.4 is 16.4 Å². The first-order valence-electron chi connectivity index (χ1n) is 11.9. The normalized spacial score (nSPS) is 14.8. The number of aromatic nitrogens is 2. The summed E-state index contributed by atoms with van der Waals surface area (Å²) < 4.78 is 15.0. The first kappa shape index (κ1) is 25.2. The minimum absolute atomic E-state index is 0.129. The van der Waals surface area contributed by atoms with Gasteiger partial charge < -0.3 is 21.3 Å². The molecule has 0 spiro atoms. The summed E-state index contributed by atoms with van der Waals surface area (Å²) in [5, 5.41) is 11.0. The minimum atomic E-state index is -0.807. The van der Waals surface area contributed by atoms with Crippen LogP contribution in [0.1, 0.15) is 36.8 Å². The maximum atomic E-state index is 13.4. The predicted molar refractivity (Wildman–Crippen MR) is 134 cm³/mol. The van der Waals surface area contributed by atoms with Crippen molar-refractivity contribution in [2.75, 3.05) is 19.6 Å². The van der Waals surface area contributed by atoms with Crippen LogP contribution in [0.15, 0.2) is 48.5 Å². The number of rotatable bonds is 7. The van der Waals surface area contributed by atoms with Crippen molar-refractivity contribution in [1.29, 1.82) is 0 Å². The lowest BCUT2D eigenvalue weighted by atomic mass is 9.85. The van der Waals surface area contributed by atoms with Gasteiger partial charge in [-0.2, -0.15) is 5.10 Å². The predicted octanol–water partition coefficient (Wildman–Crippen LogP) is 2.49. The Labute approximate surface area is 208 Å². The molecule has 9 nitrogen and oxygen atoms in total. The van der Waals surface area contributed by atoms with Crippen molar-refractivity contribution in [2.24, 2.45) is 17.1 Å². The highest BCUT2D eigenvalue weighted by Gasteiger charge is 2.35. The van der Waals surface area contributed by atoms with Crippen LogP contribution in [0.5, 0.6) is 0 Å². The van der Waals surface area contributed by atoms with Crippen molar-refractivity contribution in [3.05, 3.63) is 65.6 Å². The fraction of sp³-hybridized carbons (Fsp3) is 0.385. The van der Waals surface area contributed by atoms with E-state index in [9.17, 15) is 18.8 Å². The molecular formula is C26H31FN6O3. The summed E-state index contributed by atoms with van der Waals surface area (Å²) in [5.41, 5.74) is 6.50. The Morgan fingerprint density at radius 3 is 2.42 bits per heavy atom. The molecule has 1 aliphatic heterocycles. The second-order valence-electron chi connectivity index (χ2n) is 10.3. The summed E-state index contributed by atoms with van der Waals surface area (Å²) >= 11 is 0. The van der Waals surface area contributed by atoms with Gasteiger partial charge in [-0.3, -0.25) is 14.3 Å². The summed E-state index contributed by atoms with van der Waals surface area (Å²) in [4.78, 5) is 39.1. The topological polar surface area (TPSA) is 122 Å². The second kappa shape index (κ2) is 9.96. The molecule has 3 aromatic rings. The third-order valence-corrected chi connectivity index (χ3v) is 6.36. The first-order chi connectivity index (χ1) is 17.0. The number of para-hydroxylation sites is 1. The Morgan fingerprint density at radius 1 is 1.11 bits per heavy atom. The SMILES string of the molecule is CC(C)(C)C(NC(=O)c1nn(Cc2ccc(F)cc2)c2ccccc12)C(=O)NCC1CN(C(N)=O)C1. The number of primary amides is 1. The standard InChI is InChI=1S/C26H31FN6O3/c1-26(2,3)22(24(35)29-12-17-13-32(14-17)25(28)36)30-23(34)21-19-6-4-5-7-20(19)33(31-21)15-16-8-10-18(27)11-9-16/h4-11,17,22H,12-15H2,1-3H3,(H2,28,36)(H,29,35)(H,30,34). The molecule has 4 amide bonds. The molecule has 2 heterocycles. The van der Waals surface area contributed by atoms with Gasteiger partial charge >= 0.3 is 6.03 Å². The Hall–Kier alpha value is -3.95. The van der Waals surface area contributed by atoms with E-state index < -0.39 is 23.4 Å². The number of carbonyl (C=O) groups is 3. The number of fused-ring (bicyclic) bond motifs is 1. The Morgan fingerprint density at radius 2 is 1.78 bits per heavy atom. The van der Waals surface area contributed by atoms with E-state index in [1.165, 1.54) is 17.0 Å². The number of benzene rings is 2. The Kier molecular flexibility index (Phi) is 6.96. The van der Waals surface area contributed by atoms with Gasteiger partial charge in [-0.1, -0.05) is 51.1 Å². The number of urea groups is 1. The third kappa shape index (κ3) is 5.48. The van der Waals surface area contributed by atoms with E-state index in [-0.39, 0.29) is 23.3 Å². The number of nitrogens with one attached hydrogen (secondary N) is 2. The van der Waals surface area contributed by atoms with Crippen molar-refractivity contribution in [2.45, 2.75) is 33.4 Å². The van der Waals surface area contributed by atoms with Crippen molar-refractivity contribution >= 4 is 28.7 Å². The molecule has 4 N–H and O–H groups in total. The quantitative estimate of drug-likeness (QED) is 0.467. The van der Waals surface area contributed by atoms with E-state index >= 15 is 0 Å². The van der Waals surface area contributed by atoms with Crippen LogP contribution in [-0.4, -0.2) is 58.2 Å². The first-order valence-corrected chi connectivity index (χ1v) is 11.9. The lowest BCUT2D eigenvalue weighted by molar-refractivity contribution is -0.125. The zero-order valence-electron chi connectivity index (χ0n) is 20.6. The number of nitrogens with two attached hydrogens (primary N) is 1. The zero-order chi connectivity index (χ0) is 26.0. The number of carbonyl (C=O) groups excluding carboxylic acids is 3. The number of likely N-dealkylation sites (tertiary alicyclic amines) is 1. The smallest absolute Gasteiger partial charge is 0.314 e. The van der Waals surface area contributed by atoms with Crippen molar-refractivity contribution in [3.8, 4) is 0 Å². The fourth-order valence-electron chi connectivity index (χ4n) is 4.28. The Bertz CT molecular complexity index is 1280. The minimum Gasteiger partial charge on any atom is -0.354 e. The summed E-state index contributed by atoms with van der Waals surface area (Å²) in [6.07, 6.45) is 0. The number of nitrogens with zero attached hydrogens (tertiary/aromatic N) is 3. The average molecular weight is 495 g/mol. The van der Waals surface area contributed by atoms with E-state index in [4.69, 9.17) is 5.73 Å². The average Bonchev–Trinajstić information content (AvgIpc) is 3.15. The van der Waals surface area contributed by atoms with Gasteiger partial charge in [0.15, 0.2) is 5.69 Å². The fourth-order valence-corrected chi connectivity index (χ4v) is 4.28. The van der Waals surface area contributed by atoms with Gasteiger partial charge in [0, 0.05) is 30.9 Å². The van der Waals surface area contributed by atoms with E-state index in [1.54, 1.807) is 16.8 Å². The van der Waals surface area contributed by atoms with E-state index in [0.717, 1.165) is 11.1 Å². The molecule has 1 aliphatic rings. The highest BCUT2D eigenvalue weighted by molar-refractivity contribution is 6.06. The van der Waals surface area contributed by atoms with E-state index in [1.807, 2.05) is 45.0 Å². The molecule has 1 fully saturated rings. The highest BCUT2D eigenvalue weighted by Crippen LogP contribution is 2.23. The summed E-state index contributed by atoms with van der Waals surface area (Å²) in [5.74, 6) is -0.951. The van der Waals surface area contributed by atoms with Crippen molar-refractivity contribution < 1.29 is 18.8 Å². The monoisotopic (exact) mass is 494 g/mol. The number of amides is 4. The van der Waals surface area contributed by atoms with E-state index in [2.05, 4.69) is 15.7 Å². The molecule has 0 radical (unpaired) electrons. The van der Waals surface area contributed by atoms with Gasteiger partial charge in [-0.05, 0) is 29.2 Å². The molecule has 1 saturated heterocycles. The molecular weight excluding hydrogens is 463 g/mol. The van der Waals surface area contributed by atoms with Gasteiger partial charge in [0.25, 0.3) is 5.91 Å². The van der Waals surface area contributed by atoms with E-state index in [0.29, 0.717) is 31.6 Å². The van der Waals surface area contributed by atoms with Crippen LogP contribution in [0.3, 0.4) is 0 Å². The molecule has 36 heavy (non-hydrogen) atoms. The molecule has 4 rings (SSSR count). The molecule has 1 unspecified atom stereocenters. The number of hydrogen-bond donors (Lipinski definition) is 3. The molecule has 1 aromatic heterocycles. The summed E-state index contributed by atoms with van der Waals surface area (Å²) in [6.45, 7) is 7.38. The van der Waals surface area contributed by atoms with Crippen LogP contribution in [0.25, 0.3) is 10.9 Å². The van der Waals surface area contributed by atoms with Crippen LogP contribution in [0.4, 0.5) is 9.18 Å². The highest BCUT2D eigenvalue weighted by atomic mass is 19.1. The van der Waals surface area contributed by atoms with Crippen LogP contribution in [-0.2, 0) is 11.3 Å². The molecule has 2 aromatic carbocycles. The third-order valence-electron chi connectivity index (χ3n) is 6.36. The second-order valence-corrected chi connectivity index (χ2v) is 10.3. The number of halogens is 1.